The van der Waals surface area contributed by atoms with E-state index in [1.165, 1.54) is 17.0 Å². The van der Waals surface area contributed by atoms with Gasteiger partial charge in [0, 0.05) is 11.4 Å². The molecular weight excluding hydrogens is 427 g/mol. The van der Waals surface area contributed by atoms with E-state index in [0.29, 0.717) is 22.2 Å². The van der Waals surface area contributed by atoms with Crippen LogP contribution in [0.1, 0.15) is 16.8 Å². The fourth-order valence-corrected chi connectivity index (χ4v) is 4.12. The first-order valence-electron chi connectivity index (χ1n) is 9.76. The molecule has 0 fully saturated rings. The van der Waals surface area contributed by atoms with Gasteiger partial charge >= 0.3 is 0 Å². The molecular formula is C23H19FN6OS. The van der Waals surface area contributed by atoms with Crippen LogP contribution in [0.2, 0.25) is 0 Å². The minimum absolute atomic E-state index is 0.01000. The molecule has 0 aliphatic carbocycles. The Labute approximate surface area is 188 Å². The zero-order chi connectivity index (χ0) is 22.7. The maximum absolute atomic E-state index is 14.2. The van der Waals surface area contributed by atoms with E-state index in [9.17, 15) is 14.4 Å². The fraction of sp³-hybridized carbons (Fsp3) is 0.130. The van der Waals surface area contributed by atoms with Crippen LogP contribution in [0.5, 0.6) is 0 Å². The molecule has 2 heterocycles. The number of hydrogen-bond acceptors (Lipinski definition) is 5. The summed E-state index contributed by atoms with van der Waals surface area (Å²) >= 11 is 1.13. The number of benzene rings is 2. The highest BCUT2D eigenvalue weighted by Gasteiger charge is 2.21. The van der Waals surface area contributed by atoms with Crippen molar-refractivity contribution in [2.24, 2.45) is 0 Å². The van der Waals surface area contributed by atoms with Gasteiger partial charge in [-0.25, -0.2) is 4.39 Å². The zero-order valence-corrected chi connectivity index (χ0v) is 18.2. The molecule has 0 unspecified atom stereocenters. The van der Waals surface area contributed by atoms with Crippen LogP contribution in [-0.4, -0.2) is 31.0 Å². The Morgan fingerprint density at radius 2 is 1.88 bits per heavy atom. The maximum Gasteiger partial charge on any atom is 0.236 e. The Kier molecular flexibility index (Phi) is 6.05. The summed E-state index contributed by atoms with van der Waals surface area (Å²) in [7, 11) is 0. The normalized spacial score (nSPS) is 10.7. The second-order valence-electron chi connectivity index (χ2n) is 6.99. The third-order valence-electron chi connectivity index (χ3n) is 5.06. The summed E-state index contributed by atoms with van der Waals surface area (Å²) < 4.78 is 17.5. The van der Waals surface area contributed by atoms with Crippen LogP contribution >= 0.6 is 11.8 Å². The molecule has 0 saturated carbocycles. The zero-order valence-electron chi connectivity index (χ0n) is 17.4. The highest BCUT2D eigenvalue weighted by Crippen LogP contribution is 2.30. The molecule has 0 aliphatic rings. The molecule has 160 valence electrons. The lowest BCUT2D eigenvalue weighted by Crippen LogP contribution is -2.18. The molecule has 9 heteroatoms. The number of amides is 1. The molecule has 0 bridgehead atoms. The van der Waals surface area contributed by atoms with Gasteiger partial charge in [-0.15, -0.1) is 10.2 Å². The average Bonchev–Trinajstić information content (AvgIpc) is 3.36. The molecule has 2 aromatic carbocycles. The third kappa shape index (κ3) is 4.00. The Balaban J connectivity index is 1.57. The molecule has 2 aromatic heterocycles. The second kappa shape index (κ2) is 9.08. The smallest absolute Gasteiger partial charge is 0.236 e. The third-order valence-corrected chi connectivity index (χ3v) is 6.00. The number of halogens is 1. The van der Waals surface area contributed by atoms with Gasteiger partial charge in [-0.3, -0.25) is 13.9 Å². The molecule has 7 nitrogen and oxygen atoms in total. The van der Waals surface area contributed by atoms with Crippen molar-refractivity contribution in [2.45, 2.75) is 19.0 Å². The van der Waals surface area contributed by atoms with Crippen LogP contribution in [0.3, 0.4) is 0 Å². The Morgan fingerprint density at radius 1 is 1.16 bits per heavy atom. The van der Waals surface area contributed by atoms with E-state index in [2.05, 4.69) is 21.6 Å². The summed E-state index contributed by atoms with van der Waals surface area (Å²) in [6.07, 6.45) is 1.40. The van der Waals surface area contributed by atoms with Crippen LogP contribution in [0.25, 0.3) is 11.4 Å². The van der Waals surface area contributed by atoms with Gasteiger partial charge in [-0.05, 0) is 43.7 Å². The van der Waals surface area contributed by atoms with Gasteiger partial charge in [0.25, 0.3) is 0 Å². The molecule has 1 amide bonds. The van der Waals surface area contributed by atoms with E-state index >= 15 is 0 Å². The van der Waals surface area contributed by atoms with Crippen LogP contribution in [0, 0.1) is 31.0 Å². The van der Waals surface area contributed by atoms with Gasteiger partial charge in [0.15, 0.2) is 5.16 Å². The van der Waals surface area contributed by atoms with E-state index in [1.54, 1.807) is 18.2 Å². The van der Waals surface area contributed by atoms with Crippen LogP contribution < -0.4 is 5.32 Å². The maximum atomic E-state index is 14.2. The van der Waals surface area contributed by atoms with Crippen molar-refractivity contribution in [3.05, 3.63) is 83.6 Å². The fourth-order valence-electron chi connectivity index (χ4n) is 3.39. The number of para-hydroxylation sites is 2. The molecule has 4 rings (SSSR count). The lowest BCUT2D eigenvalue weighted by atomic mass is 10.2. The van der Waals surface area contributed by atoms with Gasteiger partial charge in [-0.1, -0.05) is 42.1 Å². The summed E-state index contributed by atoms with van der Waals surface area (Å²) in [5.41, 5.74) is 3.24. The predicted molar refractivity (Wildman–Crippen MR) is 121 cm³/mol. The summed E-state index contributed by atoms with van der Waals surface area (Å²) in [4.78, 5) is 12.8. The van der Waals surface area contributed by atoms with Crippen molar-refractivity contribution in [1.82, 2.24) is 19.3 Å². The SMILES string of the molecule is Cc1c(C#N)c(NC(=O)CSc2nncn2-c2ccccc2F)n(-c2ccccc2)c1C. The van der Waals surface area contributed by atoms with Crippen LogP contribution in [0.15, 0.2) is 66.1 Å². The largest absolute Gasteiger partial charge is 0.310 e. The number of aromatic nitrogens is 4. The van der Waals surface area contributed by atoms with E-state index in [0.717, 1.165) is 28.7 Å². The summed E-state index contributed by atoms with van der Waals surface area (Å²) in [5.74, 6) is -0.293. The van der Waals surface area contributed by atoms with Gasteiger partial charge in [0.05, 0.1) is 17.0 Å². The first kappa shape index (κ1) is 21.3. The number of nitriles is 1. The molecule has 0 atom stereocenters. The van der Waals surface area contributed by atoms with Crippen LogP contribution in [-0.2, 0) is 4.79 Å². The summed E-state index contributed by atoms with van der Waals surface area (Å²) in [5, 5.41) is 20.8. The number of rotatable bonds is 6. The average molecular weight is 447 g/mol. The first-order chi connectivity index (χ1) is 15.5. The number of carbonyl (C=O) groups is 1. The first-order valence-corrected chi connectivity index (χ1v) is 10.7. The van der Waals surface area contributed by atoms with E-state index in [4.69, 9.17) is 0 Å². The number of nitrogens with one attached hydrogen (secondary N) is 1. The topological polar surface area (TPSA) is 88.5 Å². The quantitative estimate of drug-likeness (QED) is 0.443. The molecule has 0 saturated heterocycles. The minimum atomic E-state index is -0.413. The van der Waals surface area contributed by atoms with Crippen molar-refractivity contribution >= 4 is 23.5 Å². The van der Waals surface area contributed by atoms with E-state index in [1.807, 2.05) is 48.7 Å². The Morgan fingerprint density at radius 3 is 2.59 bits per heavy atom. The standard InChI is InChI=1S/C23H19FN6OS/c1-15-16(2)30(17-8-4-3-5-9-17)22(18(15)12-25)27-21(31)13-32-23-28-26-14-29(23)20-11-7-6-10-19(20)24/h3-11,14H,13H2,1-2H3,(H,27,31). The minimum Gasteiger partial charge on any atom is -0.310 e. The Bertz CT molecular complexity index is 1320. The van der Waals surface area contributed by atoms with Crippen molar-refractivity contribution in [2.75, 3.05) is 11.1 Å². The van der Waals surface area contributed by atoms with Crippen molar-refractivity contribution in [1.29, 1.82) is 5.26 Å². The number of carbonyl (C=O) groups excluding carboxylic acids is 1. The highest BCUT2D eigenvalue weighted by molar-refractivity contribution is 7.99. The lowest BCUT2D eigenvalue weighted by Gasteiger charge is -2.13. The lowest BCUT2D eigenvalue weighted by molar-refractivity contribution is -0.113. The van der Waals surface area contributed by atoms with Crippen LogP contribution in [0.4, 0.5) is 10.2 Å². The predicted octanol–water partition coefficient (Wildman–Crippen LogP) is 4.42. The second-order valence-corrected chi connectivity index (χ2v) is 7.93. The van der Waals surface area contributed by atoms with Crippen molar-refractivity contribution in [3.63, 3.8) is 0 Å². The summed E-state index contributed by atoms with van der Waals surface area (Å²) in [6.45, 7) is 3.76. The molecule has 1 N–H and O–H groups in total. The molecule has 0 aliphatic heterocycles. The number of thioether (sulfide) groups is 1. The van der Waals surface area contributed by atoms with Gasteiger partial charge < -0.3 is 5.32 Å². The van der Waals surface area contributed by atoms with Crippen molar-refractivity contribution < 1.29 is 9.18 Å². The monoisotopic (exact) mass is 446 g/mol. The number of hydrogen-bond donors (Lipinski definition) is 1. The molecule has 0 radical (unpaired) electrons. The van der Waals surface area contributed by atoms with Gasteiger partial charge in [0.1, 0.15) is 24.0 Å². The van der Waals surface area contributed by atoms with E-state index in [-0.39, 0.29) is 11.7 Å². The van der Waals surface area contributed by atoms with E-state index < -0.39 is 5.82 Å². The summed E-state index contributed by atoms with van der Waals surface area (Å²) in [6, 6.07) is 18.0. The molecule has 32 heavy (non-hydrogen) atoms. The number of anilines is 1. The van der Waals surface area contributed by atoms with Crippen molar-refractivity contribution in [3.8, 4) is 17.4 Å². The molecule has 0 spiro atoms. The highest BCUT2D eigenvalue weighted by atomic mass is 32.2. The van der Waals surface area contributed by atoms with Gasteiger partial charge in [0.2, 0.25) is 5.91 Å². The number of nitrogens with zero attached hydrogens (tertiary/aromatic N) is 5. The van der Waals surface area contributed by atoms with Gasteiger partial charge in [-0.2, -0.15) is 5.26 Å². The Hall–Kier alpha value is -3.90. The molecule has 4 aromatic rings.